The molecule has 1 aromatic heterocycles. The number of methoxy groups -OCH3 is 1. The van der Waals surface area contributed by atoms with E-state index in [4.69, 9.17) is 9.47 Å². The largest absolute Gasteiger partial charge is 0.464 e. The maximum absolute atomic E-state index is 14.0. The summed E-state index contributed by atoms with van der Waals surface area (Å²) < 4.78 is 40.4. The monoisotopic (exact) mass is 410 g/mol. The molecule has 3 rings (SSSR count). The molecule has 0 saturated heterocycles. The zero-order chi connectivity index (χ0) is 18.1. The molecule has 0 aliphatic heterocycles. The van der Waals surface area contributed by atoms with Crippen LogP contribution in [0.2, 0.25) is 0 Å². The Morgan fingerprint density at radius 1 is 1.20 bits per heavy atom. The first-order valence-corrected chi connectivity index (χ1v) is 8.51. The van der Waals surface area contributed by atoms with Gasteiger partial charge in [-0.2, -0.15) is 9.49 Å². The van der Waals surface area contributed by atoms with Gasteiger partial charge in [0.05, 0.1) is 16.9 Å². The van der Waals surface area contributed by atoms with Crippen molar-refractivity contribution < 1.29 is 18.3 Å². The van der Waals surface area contributed by atoms with E-state index < -0.39 is 11.6 Å². The molecule has 3 aromatic rings. The Labute approximate surface area is 152 Å². The second-order valence-electron chi connectivity index (χ2n) is 5.90. The highest BCUT2D eigenvalue weighted by molar-refractivity contribution is 9.10. The first-order valence-electron chi connectivity index (χ1n) is 7.71. The van der Waals surface area contributed by atoms with Crippen molar-refractivity contribution in [2.75, 3.05) is 13.9 Å². The molecule has 0 bridgehead atoms. The van der Waals surface area contributed by atoms with Gasteiger partial charge in [-0.1, -0.05) is 29.8 Å². The van der Waals surface area contributed by atoms with Crippen LogP contribution in [0.1, 0.15) is 25.5 Å². The predicted octanol–water partition coefficient (Wildman–Crippen LogP) is 5.17. The fourth-order valence-corrected chi connectivity index (χ4v) is 3.00. The van der Waals surface area contributed by atoms with Gasteiger partial charge in [-0.3, -0.25) is 0 Å². The molecule has 1 heterocycles. The number of halogens is 3. The van der Waals surface area contributed by atoms with Gasteiger partial charge in [0.15, 0.2) is 18.4 Å². The van der Waals surface area contributed by atoms with E-state index in [1.165, 1.54) is 13.2 Å². The molecule has 0 unspecified atom stereocenters. The quantitative estimate of drug-likeness (QED) is 0.544. The average molecular weight is 411 g/mol. The standard InChI is InChI=1S/C18H17BrF2N2O2/c1-10(2)18-13-6-11(19)4-5-15(13)23(22-18)12-7-14(20)17(21)16(8-12)25-9-24-3/h4-8,10H,9H2,1-3H3. The van der Waals surface area contributed by atoms with Gasteiger partial charge in [-0.05, 0) is 24.1 Å². The van der Waals surface area contributed by atoms with E-state index in [1.807, 2.05) is 32.0 Å². The van der Waals surface area contributed by atoms with E-state index >= 15 is 0 Å². The van der Waals surface area contributed by atoms with Crippen molar-refractivity contribution in [1.82, 2.24) is 9.78 Å². The van der Waals surface area contributed by atoms with Crippen LogP contribution in [0, 0.1) is 11.6 Å². The summed E-state index contributed by atoms with van der Waals surface area (Å²) in [6.07, 6.45) is 0. The third-order valence-electron chi connectivity index (χ3n) is 3.77. The third-order valence-corrected chi connectivity index (χ3v) is 4.27. The van der Waals surface area contributed by atoms with Crippen LogP contribution in [0.3, 0.4) is 0 Å². The minimum Gasteiger partial charge on any atom is -0.464 e. The van der Waals surface area contributed by atoms with Crippen LogP contribution in [-0.4, -0.2) is 23.7 Å². The lowest BCUT2D eigenvalue weighted by Crippen LogP contribution is -2.05. The molecule has 0 amide bonds. The highest BCUT2D eigenvalue weighted by atomic mass is 79.9. The molecule has 25 heavy (non-hydrogen) atoms. The lowest BCUT2D eigenvalue weighted by atomic mass is 10.1. The van der Waals surface area contributed by atoms with Crippen LogP contribution >= 0.6 is 15.9 Å². The number of ether oxygens (including phenoxy) is 2. The molecule has 4 nitrogen and oxygen atoms in total. The van der Waals surface area contributed by atoms with Crippen molar-refractivity contribution in [2.45, 2.75) is 19.8 Å². The minimum absolute atomic E-state index is 0.174. The van der Waals surface area contributed by atoms with Crippen LogP contribution in [0.25, 0.3) is 16.6 Å². The zero-order valence-electron chi connectivity index (χ0n) is 14.0. The Kier molecular flexibility index (Phi) is 5.06. The first-order chi connectivity index (χ1) is 11.9. The molecule has 0 aliphatic carbocycles. The van der Waals surface area contributed by atoms with Crippen LogP contribution in [0.15, 0.2) is 34.8 Å². The van der Waals surface area contributed by atoms with Crippen LogP contribution in [0.4, 0.5) is 8.78 Å². The van der Waals surface area contributed by atoms with Gasteiger partial charge in [-0.15, -0.1) is 0 Å². The smallest absolute Gasteiger partial charge is 0.200 e. The van der Waals surface area contributed by atoms with Gasteiger partial charge in [-0.25, -0.2) is 9.07 Å². The Balaban J connectivity index is 2.21. The number of nitrogens with zero attached hydrogens (tertiary/aromatic N) is 2. The van der Waals surface area contributed by atoms with E-state index in [2.05, 4.69) is 21.0 Å². The number of hydrogen-bond acceptors (Lipinski definition) is 3. The number of fused-ring (bicyclic) bond motifs is 1. The Morgan fingerprint density at radius 2 is 1.96 bits per heavy atom. The molecule has 0 N–H and O–H groups in total. The van der Waals surface area contributed by atoms with Crippen LogP contribution in [-0.2, 0) is 4.74 Å². The molecule has 0 radical (unpaired) electrons. The van der Waals surface area contributed by atoms with Gasteiger partial charge < -0.3 is 9.47 Å². The molecule has 0 fully saturated rings. The molecule has 132 valence electrons. The lowest BCUT2D eigenvalue weighted by Gasteiger charge is -2.10. The average Bonchev–Trinajstić information content (AvgIpc) is 2.95. The summed E-state index contributed by atoms with van der Waals surface area (Å²) in [7, 11) is 1.41. The highest BCUT2D eigenvalue weighted by Gasteiger charge is 2.18. The van der Waals surface area contributed by atoms with Crippen molar-refractivity contribution in [3.63, 3.8) is 0 Å². The molecular formula is C18H17BrF2N2O2. The van der Waals surface area contributed by atoms with E-state index in [0.29, 0.717) is 5.69 Å². The fourth-order valence-electron chi connectivity index (χ4n) is 2.64. The van der Waals surface area contributed by atoms with E-state index in [9.17, 15) is 8.78 Å². The summed E-state index contributed by atoms with van der Waals surface area (Å²) in [4.78, 5) is 0. The second-order valence-corrected chi connectivity index (χ2v) is 6.82. The summed E-state index contributed by atoms with van der Waals surface area (Å²) >= 11 is 3.46. The Morgan fingerprint density at radius 3 is 2.64 bits per heavy atom. The van der Waals surface area contributed by atoms with Crippen molar-refractivity contribution in [1.29, 1.82) is 0 Å². The molecule has 2 aromatic carbocycles. The molecule has 0 saturated carbocycles. The predicted molar refractivity (Wildman–Crippen MR) is 95.3 cm³/mol. The Hall–Kier alpha value is -1.99. The van der Waals surface area contributed by atoms with Crippen molar-refractivity contribution >= 4 is 26.8 Å². The normalized spacial score (nSPS) is 11.5. The van der Waals surface area contributed by atoms with E-state index in [-0.39, 0.29) is 18.5 Å². The Bertz CT molecular complexity index is 925. The number of benzene rings is 2. The van der Waals surface area contributed by atoms with Crippen molar-refractivity contribution in [3.8, 4) is 11.4 Å². The molecule has 0 aliphatic rings. The van der Waals surface area contributed by atoms with Crippen molar-refractivity contribution in [2.24, 2.45) is 0 Å². The maximum Gasteiger partial charge on any atom is 0.200 e. The minimum atomic E-state index is -1.05. The first kappa shape index (κ1) is 17.8. The van der Waals surface area contributed by atoms with Crippen LogP contribution in [0.5, 0.6) is 5.75 Å². The summed E-state index contributed by atoms with van der Waals surface area (Å²) in [6, 6.07) is 8.25. The second kappa shape index (κ2) is 7.09. The van der Waals surface area contributed by atoms with Gasteiger partial charge in [0, 0.05) is 29.1 Å². The molecule has 0 atom stereocenters. The highest BCUT2D eigenvalue weighted by Crippen LogP contribution is 2.31. The SMILES string of the molecule is COCOc1cc(-n2nc(C(C)C)c3cc(Br)ccc32)cc(F)c1F. The lowest BCUT2D eigenvalue weighted by molar-refractivity contribution is 0.0478. The summed E-state index contributed by atoms with van der Waals surface area (Å²) in [5, 5.41) is 5.56. The van der Waals surface area contributed by atoms with Gasteiger partial charge in [0.1, 0.15) is 0 Å². The zero-order valence-corrected chi connectivity index (χ0v) is 15.6. The fraction of sp³-hybridized carbons (Fsp3) is 0.278. The van der Waals surface area contributed by atoms with E-state index in [0.717, 1.165) is 27.1 Å². The number of aromatic nitrogens is 2. The van der Waals surface area contributed by atoms with E-state index in [1.54, 1.807) is 4.68 Å². The van der Waals surface area contributed by atoms with Gasteiger partial charge >= 0.3 is 0 Å². The number of hydrogen-bond donors (Lipinski definition) is 0. The third kappa shape index (κ3) is 3.39. The van der Waals surface area contributed by atoms with Crippen molar-refractivity contribution in [3.05, 3.63) is 52.1 Å². The summed E-state index contributed by atoms with van der Waals surface area (Å²) in [6.45, 7) is 3.89. The number of rotatable bonds is 5. The molecule has 7 heteroatoms. The molecular weight excluding hydrogens is 394 g/mol. The summed E-state index contributed by atoms with van der Waals surface area (Å²) in [5.41, 5.74) is 2.06. The molecule has 0 spiro atoms. The van der Waals surface area contributed by atoms with Gasteiger partial charge in [0.25, 0.3) is 0 Å². The topological polar surface area (TPSA) is 36.3 Å². The maximum atomic E-state index is 14.0. The van der Waals surface area contributed by atoms with Crippen LogP contribution < -0.4 is 4.74 Å². The van der Waals surface area contributed by atoms with Gasteiger partial charge in [0.2, 0.25) is 5.82 Å². The summed E-state index contributed by atoms with van der Waals surface area (Å²) in [5.74, 6) is -2.10.